The van der Waals surface area contributed by atoms with Crippen LogP contribution >= 0.6 is 11.6 Å². The van der Waals surface area contributed by atoms with E-state index in [-0.39, 0.29) is 12.6 Å². The number of carbonyl (C=O) groups excluding carboxylic acids is 1. The molecule has 132 valence electrons. The first-order valence-corrected chi connectivity index (χ1v) is 8.83. The molecule has 1 aromatic rings. The molecule has 2 amide bonds. The highest BCUT2D eigenvalue weighted by atomic mass is 35.5. The monoisotopic (exact) mass is 353 g/mol. The Morgan fingerprint density at radius 2 is 2.04 bits per heavy atom. The number of amides is 2. The SMILES string of the molecule is O=C1NCCN1C1CCN(C[C@@H](O)COc2ccccc2Cl)CC1. The van der Waals surface area contributed by atoms with Crippen molar-refractivity contribution in [2.24, 2.45) is 0 Å². The zero-order valence-electron chi connectivity index (χ0n) is 13.7. The van der Waals surface area contributed by atoms with Crippen LogP contribution < -0.4 is 10.1 Å². The lowest BCUT2D eigenvalue weighted by atomic mass is 10.0. The predicted octanol–water partition coefficient (Wildman–Crippen LogP) is 1.57. The van der Waals surface area contributed by atoms with Gasteiger partial charge in [-0.25, -0.2) is 4.79 Å². The van der Waals surface area contributed by atoms with Crippen LogP contribution in [0.1, 0.15) is 12.8 Å². The van der Waals surface area contributed by atoms with Gasteiger partial charge in [0.2, 0.25) is 0 Å². The van der Waals surface area contributed by atoms with E-state index in [1.807, 2.05) is 17.0 Å². The van der Waals surface area contributed by atoms with E-state index in [4.69, 9.17) is 16.3 Å². The summed E-state index contributed by atoms with van der Waals surface area (Å²) in [5.74, 6) is 0.594. The summed E-state index contributed by atoms with van der Waals surface area (Å²) in [6, 6.07) is 7.63. The fourth-order valence-electron chi connectivity index (χ4n) is 3.35. The zero-order valence-corrected chi connectivity index (χ0v) is 14.4. The highest BCUT2D eigenvalue weighted by molar-refractivity contribution is 6.32. The van der Waals surface area contributed by atoms with E-state index < -0.39 is 6.10 Å². The van der Waals surface area contributed by atoms with Crippen molar-refractivity contribution in [3.63, 3.8) is 0 Å². The van der Waals surface area contributed by atoms with Gasteiger partial charge >= 0.3 is 6.03 Å². The second-order valence-electron chi connectivity index (χ2n) is 6.35. The lowest BCUT2D eigenvalue weighted by molar-refractivity contribution is 0.0509. The molecule has 6 nitrogen and oxygen atoms in total. The van der Waals surface area contributed by atoms with Gasteiger partial charge in [0.05, 0.1) is 5.02 Å². The largest absolute Gasteiger partial charge is 0.489 e. The number of rotatable bonds is 6. The molecule has 0 bridgehead atoms. The maximum absolute atomic E-state index is 11.7. The summed E-state index contributed by atoms with van der Waals surface area (Å²) in [6.07, 6.45) is 1.34. The smallest absolute Gasteiger partial charge is 0.317 e. The van der Waals surface area contributed by atoms with Gasteiger partial charge in [-0.15, -0.1) is 0 Å². The van der Waals surface area contributed by atoms with Gasteiger partial charge in [0.1, 0.15) is 18.5 Å². The molecule has 2 fully saturated rings. The summed E-state index contributed by atoms with van der Waals surface area (Å²) in [6.45, 7) is 4.12. The quantitative estimate of drug-likeness (QED) is 0.814. The van der Waals surface area contributed by atoms with E-state index in [1.54, 1.807) is 12.1 Å². The third-order valence-electron chi connectivity index (χ3n) is 4.62. The number of hydrogen-bond acceptors (Lipinski definition) is 4. The molecular weight excluding hydrogens is 330 g/mol. The highest BCUT2D eigenvalue weighted by Gasteiger charge is 2.31. The Balaban J connectivity index is 1.39. The molecule has 0 spiro atoms. The van der Waals surface area contributed by atoms with E-state index in [0.29, 0.717) is 23.4 Å². The van der Waals surface area contributed by atoms with Crippen LogP contribution in [0, 0.1) is 0 Å². The van der Waals surface area contributed by atoms with Crippen LogP contribution in [0.25, 0.3) is 0 Å². The van der Waals surface area contributed by atoms with Gasteiger partial charge < -0.3 is 25.0 Å². The van der Waals surface area contributed by atoms with Gasteiger partial charge in [-0.3, -0.25) is 0 Å². The number of urea groups is 1. The zero-order chi connectivity index (χ0) is 16.9. The molecule has 1 aromatic carbocycles. The first kappa shape index (κ1) is 17.3. The van der Waals surface area contributed by atoms with Crippen molar-refractivity contribution in [2.45, 2.75) is 25.0 Å². The lowest BCUT2D eigenvalue weighted by Crippen LogP contribution is -2.48. The van der Waals surface area contributed by atoms with E-state index in [9.17, 15) is 9.90 Å². The van der Waals surface area contributed by atoms with Crippen LogP contribution in [-0.4, -0.2) is 72.4 Å². The van der Waals surface area contributed by atoms with Crippen molar-refractivity contribution in [1.29, 1.82) is 0 Å². The number of nitrogens with zero attached hydrogens (tertiary/aromatic N) is 2. The lowest BCUT2D eigenvalue weighted by Gasteiger charge is -2.36. The number of hydrogen-bond donors (Lipinski definition) is 2. The van der Waals surface area contributed by atoms with Crippen LogP contribution in [0.15, 0.2) is 24.3 Å². The standard InChI is InChI=1S/C17H24ClN3O3/c18-15-3-1-2-4-16(15)24-12-14(22)11-20-8-5-13(6-9-20)21-10-7-19-17(21)23/h1-4,13-14,22H,5-12H2,(H,19,23)/t14-/m1/s1. The normalized spacial score (nSPS) is 20.9. The number of piperidine rings is 1. The van der Waals surface area contributed by atoms with Crippen LogP contribution in [0.4, 0.5) is 4.79 Å². The molecule has 0 radical (unpaired) electrons. The van der Waals surface area contributed by atoms with E-state index in [0.717, 1.165) is 39.0 Å². The fraction of sp³-hybridized carbons (Fsp3) is 0.588. The minimum absolute atomic E-state index is 0.0571. The van der Waals surface area contributed by atoms with Crippen molar-refractivity contribution in [3.8, 4) is 5.75 Å². The molecule has 2 N–H and O–H groups in total. The third-order valence-corrected chi connectivity index (χ3v) is 4.94. The molecule has 24 heavy (non-hydrogen) atoms. The Kier molecular flexibility index (Phi) is 5.81. The van der Waals surface area contributed by atoms with Crippen molar-refractivity contribution in [1.82, 2.24) is 15.1 Å². The van der Waals surface area contributed by atoms with Crippen LogP contribution in [-0.2, 0) is 0 Å². The number of para-hydroxylation sites is 1. The second kappa shape index (κ2) is 8.05. The number of β-amino-alcohol motifs (C(OH)–C–C–N with tert-alkyl or cyclic N) is 1. The summed E-state index contributed by atoms with van der Waals surface area (Å²) < 4.78 is 5.59. The molecular formula is C17H24ClN3O3. The maximum Gasteiger partial charge on any atom is 0.317 e. The molecule has 0 aliphatic carbocycles. The maximum atomic E-state index is 11.7. The summed E-state index contributed by atoms with van der Waals surface area (Å²) in [5, 5.41) is 13.6. The number of benzene rings is 1. The topological polar surface area (TPSA) is 65.0 Å². The molecule has 7 heteroatoms. The summed E-state index contributed by atoms with van der Waals surface area (Å²) >= 11 is 6.04. The van der Waals surface area contributed by atoms with E-state index >= 15 is 0 Å². The minimum atomic E-state index is -0.562. The number of ether oxygens (including phenoxy) is 1. The average Bonchev–Trinajstić information content (AvgIpc) is 3.01. The Morgan fingerprint density at radius 1 is 1.29 bits per heavy atom. The highest BCUT2D eigenvalue weighted by Crippen LogP contribution is 2.23. The fourth-order valence-corrected chi connectivity index (χ4v) is 3.54. The molecule has 2 saturated heterocycles. The summed E-state index contributed by atoms with van der Waals surface area (Å²) in [5.41, 5.74) is 0. The molecule has 2 heterocycles. The number of likely N-dealkylation sites (tertiary alicyclic amines) is 1. The summed E-state index contributed by atoms with van der Waals surface area (Å²) in [4.78, 5) is 15.9. The first-order chi connectivity index (χ1) is 11.6. The van der Waals surface area contributed by atoms with Gasteiger partial charge in [-0.2, -0.15) is 0 Å². The molecule has 0 saturated carbocycles. The van der Waals surface area contributed by atoms with Crippen molar-refractivity contribution < 1.29 is 14.6 Å². The van der Waals surface area contributed by atoms with Gasteiger partial charge in [0, 0.05) is 38.8 Å². The molecule has 2 aliphatic rings. The number of carbonyl (C=O) groups is 1. The summed E-state index contributed by atoms with van der Waals surface area (Å²) in [7, 11) is 0. The van der Waals surface area contributed by atoms with E-state index in [1.165, 1.54) is 0 Å². The van der Waals surface area contributed by atoms with Crippen LogP contribution in [0.3, 0.4) is 0 Å². The predicted molar refractivity (Wildman–Crippen MR) is 92.5 cm³/mol. The van der Waals surface area contributed by atoms with E-state index in [2.05, 4.69) is 10.2 Å². The van der Waals surface area contributed by atoms with Gasteiger partial charge in [0.15, 0.2) is 0 Å². The van der Waals surface area contributed by atoms with Crippen LogP contribution in [0.5, 0.6) is 5.75 Å². The number of aliphatic hydroxyl groups is 1. The molecule has 1 atom stereocenters. The minimum Gasteiger partial charge on any atom is -0.489 e. The molecule has 2 aliphatic heterocycles. The molecule has 0 unspecified atom stereocenters. The van der Waals surface area contributed by atoms with Gasteiger partial charge in [-0.05, 0) is 25.0 Å². The van der Waals surface area contributed by atoms with Gasteiger partial charge in [0.25, 0.3) is 0 Å². The number of aliphatic hydroxyl groups excluding tert-OH is 1. The molecule has 3 rings (SSSR count). The number of halogens is 1. The van der Waals surface area contributed by atoms with Crippen molar-refractivity contribution in [3.05, 3.63) is 29.3 Å². The Hall–Kier alpha value is -1.50. The van der Waals surface area contributed by atoms with Crippen molar-refractivity contribution in [2.75, 3.05) is 39.3 Å². The van der Waals surface area contributed by atoms with Crippen molar-refractivity contribution >= 4 is 17.6 Å². The Bertz CT molecular complexity index is 564. The second-order valence-corrected chi connectivity index (χ2v) is 6.76. The first-order valence-electron chi connectivity index (χ1n) is 8.45. The Morgan fingerprint density at radius 3 is 2.71 bits per heavy atom. The average molecular weight is 354 g/mol. The Labute approximate surface area is 147 Å². The van der Waals surface area contributed by atoms with Gasteiger partial charge in [-0.1, -0.05) is 23.7 Å². The number of nitrogens with one attached hydrogen (secondary N) is 1. The third kappa shape index (κ3) is 4.32. The van der Waals surface area contributed by atoms with Crippen LogP contribution in [0.2, 0.25) is 5.02 Å². The molecule has 0 aromatic heterocycles.